The highest BCUT2D eigenvalue weighted by atomic mass is 19.1. The predicted molar refractivity (Wildman–Crippen MR) is 115 cm³/mol. The Morgan fingerprint density at radius 1 is 1.17 bits per heavy atom. The summed E-state index contributed by atoms with van der Waals surface area (Å²) in [5.41, 5.74) is 4.35. The van der Waals surface area contributed by atoms with Crippen molar-refractivity contribution >= 4 is 29.2 Å². The zero-order valence-electron chi connectivity index (χ0n) is 16.3. The Morgan fingerprint density at radius 3 is 2.97 bits per heavy atom. The average molecular weight is 389 g/mol. The Labute approximate surface area is 170 Å². The molecular weight excluding hydrogens is 365 g/mol. The van der Waals surface area contributed by atoms with Crippen LogP contribution in [0.25, 0.3) is 0 Å². The summed E-state index contributed by atoms with van der Waals surface area (Å²) in [5, 5.41) is 2.85. The minimum atomic E-state index is -0.439. The van der Waals surface area contributed by atoms with Gasteiger partial charge < -0.3 is 10.2 Å². The van der Waals surface area contributed by atoms with Gasteiger partial charge in [-0.05, 0) is 55.4 Å². The van der Waals surface area contributed by atoms with Gasteiger partial charge in [-0.1, -0.05) is 29.8 Å². The van der Waals surface area contributed by atoms with Crippen molar-refractivity contribution in [1.82, 2.24) is 0 Å². The van der Waals surface area contributed by atoms with Crippen LogP contribution in [0.4, 0.5) is 21.5 Å². The van der Waals surface area contributed by atoms with Crippen molar-refractivity contribution in [2.75, 3.05) is 23.3 Å². The van der Waals surface area contributed by atoms with Crippen LogP contribution < -0.4 is 10.2 Å². The lowest BCUT2D eigenvalue weighted by Crippen LogP contribution is -2.36. The number of hydrogen-bond acceptors (Lipinski definition) is 3. The van der Waals surface area contributed by atoms with Crippen LogP contribution in [0.15, 0.2) is 59.1 Å². The second-order valence-corrected chi connectivity index (χ2v) is 8.09. The fourth-order valence-corrected chi connectivity index (χ4v) is 4.72. The molecule has 5 rings (SSSR count). The number of hydrogen-bond donors (Lipinski definition) is 1. The molecule has 0 bridgehead atoms. The molecule has 1 fully saturated rings. The molecule has 1 saturated heterocycles. The Kier molecular flexibility index (Phi) is 4.66. The Morgan fingerprint density at radius 2 is 2.07 bits per heavy atom. The quantitative estimate of drug-likeness (QED) is 0.579. The molecule has 0 aromatic heterocycles. The van der Waals surface area contributed by atoms with Crippen molar-refractivity contribution in [3.63, 3.8) is 0 Å². The van der Waals surface area contributed by atoms with Gasteiger partial charge in [-0.2, -0.15) is 0 Å². The second kappa shape index (κ2) is 7.47. The van der Waals surface area contributed by atoms with E-state index in [1.165, 1.54) is 24.5 Å². The molecule has 5 heteroatoms. The standard InChI is InChI=1S/C24H24FN3O/c25-21-13-18(26-14-20-19-7-3-4-8-22(19)27-24(20)29)9-10-23(21)28-12-11-16-5-1-2-6-17(16)15-28/h3-4,6-10,13-14,16,20H,1-2,5,11-12,15H2,(H,27,29). The Balaban J connectivity index is 1.33. The third-order valence-electron chi connectivity index (χ3n) is 6.29. The molecule has 0 radical (unpaired) electrons. The van der Waals surface area contributed by atoms with Gasteiger partial charge >= 0.3 is 0 Å². The normalized spacial score (nSPS) is 23.6. The lowest BCUT2D eigenvalue weighted by Gasteiger charge is -2.37. The summed E-state index contributed by atoms with van der Waals surface area (Å²) in [5.74, 6) is -0.111. The summed E-state index contributed by atoms with van der Waals surface area (Å²) >= 11 is 0. The fourth-order valence-electron chi connectivity index (χ4n) is 4.72. The van der Waals surface area contributed by atoms with Crippen molar-refractivity contribution in [2.24, 2.45) is 10.9 Å². The first-order chi connectivity index (χ1) is 14.2. The van der Waals surface area contributed by atoms with Gasteiger partial charge in [0, 0.05) is 31.1 Å². The number of amides is 1. The first-order valence-corrected chi connectivity index (χ1v) is 10.4. The lowest BCUT2D eigenvalue weighted by atomic mass is 9.82. The smallest absolute Gasteiger partial charge is 0.237 e. The number of rotatable bonds is 3. The number of aliphatic imine (C=N–C) groups is 1. The van der Waals surface area contributed by atoms with Crippen molar-refractivity contribution in [3.8, 4) is 0 Å². The molecular formula is C24H24FN3O. The maximum Gasteiger partial charge on any atom is 0.237 e. The van der Waals surface area contributed by atoms with E-state index >= 15 is 0 Å². The number of allylic oxidation sites excluding steroid dienone is 1. The van der Waals surface area contributed by atoms with Crippen molar-refractivity contribution < 1.29 is 9.18 Å². The zero-order valence-corrected chi connectivity index (χ0v) is 16.3. The maximum absolute atomic E-state index is 14.9. The van der Waals surface area contributed by atoms with Gasteiger partial charge in [0.25, 0.3) is 0 Å². The molecule has 2 aliphatic heterocycles. The molecule has 3 aliphatic rings. The lowest BCUT2D eigenvalue weighted by molar-refractivity contribution is -0.115. The number of anilines is 2. The van der Waals surface area contributed by atoms with E-state index in [2.05, 4.69) is 21.3 Å². The molecule has 1 aliphatic carbocycles. The van der Waals surface area contributed by atoms with Crippen LogP contribution in [0.3, 0.4) is 0 Å². The van der Waals surface area contributed by atoms with Gasteiger partial charge in [0.1, 0.15) is 11.7 Å². The molecule has 0 saturated carbocycles. The number of nitrogens with zero attached hydrogens (tertiary/aromatic N) is 2. The van der Waals surface area contributed by atoms with Gasteiger partial charge in [0.15, 0.2) is 0 Å². The summed E-state index contributed by atoms with van der Waals surface area (Å²) in [6.07, 6.45) is 8.75. The molecule has 4 nitrogen and oxygen atoms in total. The topological polar surface area (TPSA) is 44.7 Å². The summed E-state index contributed by atoms with van der Waals surface area (Å²) in [4.78, 5) is 18.7. The van der Waals surface area contributed by atoms with E-state index in [0.29, 0.717) is 17.3 Å². The van der Waals surface area contributed by atoms with E-state index in [1.54, 1.807) is 6.21 Å². The van der Waals surface area contributed by atoms with Crippen LogP contribution in [-0.2, 0) is 4.79 Å². The molecule has 2 atom stereocenters. The third kappa shape index (κ3) is 3.46. The minimum absolute atomic E-state index is 0.101. The van der Waals surface area contributed by atoms with Crippen molar-refractivity contribution in [2.45, 2.75) is 31.6 Å². The van der Waals surface area contributed by atoms with Crippen LogP contribution in [0.5, 0.6) is 0 Å². The third-order valence-corrected chi connectivity index (χ3v) is 6.29. The van der Waals surface area contributed by atoms with Gasteiger partial charge in [-0.15, -0.1) is 0 Å². The minimum Gasteiger partial charge on any atom is -0.365 e. The number of benzene rings is 2. The van der Waals surface area contributed by atoms with Gasteiger partial charge in [0.05, 0.1) is 11.4 Å². The highest BCUT2D eigenvalue weighted by Gasteiger charge is 2.29. The van der Waals surface area contributed by atoms with Crippen molar-refractivity contribution in [1.29, 1.82) is 0 Å². The molecule has 0 spiro atoms. The Bertz CT molecular complexity index is 1010. The summed E-state index contributed by atoms with van der Waals surface area (Å²) < 4.78 is 14.9. The SMILES string of the molecule is O=C1Nc2ccccc2C1C=Nc1ccc(N2CCC3CCCC=C3C2)c(F)c1. The average Bonchev–Trinajstić information content (AvgIpc) is 3.07. The van der Waals surface area contributed by atoms with E-state index in [-0.39, 0.29) is 11.7 Å². The van der Waals surface area contributed by atoms with Gasteiger partial charge in [-0.3, -0.25) is 9.79 Å². The van der Waals surface area contributed by atoms with E-state index in [9.17, 15) is 9.18 Å². The van der Waals surface area contributed by atoms with Crippen LogP contribution in [0.1, 0.15) is 37.2 Å². The number of nitrogens with one attached hydrogen (secondary N) is 1. The van der Waals surface area contributed by atoms with Gasteiger partial charge in [-0.25, -0.2) is 4.39 Å². The van der Waals surface area contributed by atoms with Gasteiger partial charge in [0.2, 0.25) is 5.91 Å². The first-order valence-electron chi connectivity index (χ1n) is 10.4. The molecule has 1 amide bonds. The van der Waals surface area contributed by atoms with Crippen LogP contribution in [0.2, 0.25) is 0 Å². The molecule has 2 aromatic carbocycles. The molecule has 2 unspecified atom stereocenters. The van der Waals surface area contributed by atoms with E-state index in [0.717, 1.165) is 37.2 Å². The van der Waals surface area contributed by atoms with E-state index in [1.807, 2.05) is 36.4 Å². The van der Waals surface area contributed by atoms with Crippen LogP contribution >= 0.6 is 0 Å². The molecule has 29 heavy (non-hydrogen) atoms. The van der Waals surface area contributed by atoms with Crippen LogP contribution in [-0.4, -0.2) is 25.2 Å². The predicted octanol–water partition coefficient (Wildman–Crippen LogP) is 5.20. The zero-order chi connectivity index (χ0) is 19.8. The van der Waals surface area contributed by atoms with Crippen LogP contribution in [0, 0.1) is 11.7 Å². The van der Waals surface area contributed by atoms with E-state index < -0.39 is 5.92 Å². The highest BCUT2D eigenvalue weighted by Crippen LogP contribution is 2.36. The number of para-hydroxylation sites is 1. The summed E-state index contributed by atoms with van der Waals surface area (Å²) in [6, 6.07) is 12.7. The largest absolute Gasteiger partial charge is 0.365 e. The Hall–Kier alpha value is -2.95. The van der Waals surface area contributed by atoms with Crippen molar-refractivity contribution in [3.05, 3.63) is 65.5 Å². The number of carbonyl (C=O) groups excluding carboxylic acids is 1. The number of carbonyl (C=O) groups is 1. The molecule has 2 aromatic rings. The van der Waals surface area contributed by atoms with E-state index in [4.69, 9.17) is 0 Å². The number of halogens is 1. The fraction of sp³-hybridized carbons (Fsp3) is 0.333. The first kappa shape index (κ1) is 18.1. The highest BCUT2D eigenvalue weighted by molar-refractivity contribution is 6.12. The summed E-state index contributed by atoms with van der Waals surface area (Å²) in [6.45, 7) is 1.71. The second-order valence-electron chi connectivity index (χ2n) is 8.09. The maximum atomic E-state index is 14.9. The molecule has 2 heterocycles. The molecule has 148 valence electrons. The number of piperidine rings is 1. The monoisotopic (exact) mass is 389 g/mol. The molecule has 1 N–H and O–H groups in total. The number of fused-ring (bicyclic) bond motifs is 2. The summed E-state index contributed by atoms with van der Waals surface area (Å²) in [7, 11) is 0.